The number of pyridine rings is 1. The zero-order valence-electron chi connectivity index (χ0n) is 14.8. The van der Waals surface area contributed by atoms with Gasteiger partial charge in [-0.15, -0.1) is 21.5 Å². The van der Waals surface area contributed by atoms with Crippen molar-refractivity contribution in [1.29, 1.82) is 0 Å². The molecule has 3 aromatic heterocycles. The Kier molecular flexibility index (Phi) is 4.91. The normalized spacial score (nSPS) is 12.2. The maximum atomic E-state index is 12.7. The van der Waals surface area contributed by atoms with Crippen LogP contribution in [-0.2, 0) is 11.8 Å². The van der Waals surface area contributed by atoms with Gasteiger partial charge < -0.3 is 9.88 Å². The molecule has 0 bridgehead atoms. The Morgan fingerprint density at radius 1 is 1.19 bits per heavy atom. The van der Waals surface area contributed by atoms with Crippen molar-refractivity contribution in [2.45, 2.75) is 17.3 Å². The Hall–Kier alpha value is -2.71. The van der Waals surface area contributed by atoms with Crippen LogP contribution in [0.2, 0.25) is 0 Å². The van der Waals surface area contributed by atoms with Crippen molar-refractivity contribution in [3.63, 3.8) is 0 Å². The van der Waals surface area contributed by atoms with Crippen LogP contribution in [0.5, 0.6) is 0 Å². The predicted octanol–water partition coefficient (Wildman–Crippen LogP) is 4.21. The van der Waals surface area contributed by atoms with E-state index in [4.69, 9.17) is 0 Å². The molecule has 0 aliphatic heterocycles. The van der Waals surface area contributed by atoms with E-state index in [-0.39, 0.29) is 11.2 Å². The van der Waals surface area contributed by atoms with E-state index in [1.807, 2.05) is 66.4 Å². The lowest BCUT2D eigenvalue weighted by Crippen LogP contribution is -2.23. The van der Waals surface area contributed by atoms with Crippen molar-refractivity contribution in [3.05, 3.63) is 54.0 Å². The van der Waals surface area contributed by atoms with Crippen molar-refractivity contribution in [2.75, 3.05) is 5.32 Å². The van der Waals surface area contributed by atoms with Crippen molar-refractivity contribution in [1.82, 2.24) is 19.7 Å². The fourth-order valence-corrected chi connectivity index (χ4v) is 4.26. The van der Waals surface area contributed by atoms with Crippen LogP contribution in [0.25, 0.3) is 21.6 Å². The molecule has 4 rings (SSSR count). The van der Waals surface area contributed by atoms with Crippen LogP contribution in [0.3, 0.4) is 0 Å². The van der Waals surface area contributed by atoms with E-state index in [1.165, 1.54) is 11.8 Å². The molecule has 6 nitrogen and oxygen atoms in total. The van der Waals surface area contributed by atoms with Gasteiger partial charge in [-0.05, 0) is 42.6 Å². The van der Waals surface area contributed by atoms with E-state index in [0.717, 1.165) is 27.3 Å². The summed E-state index contributed by atoms with van der Waals surface area (Å²) in [7, 11) is 1.92. The van der Waals surface area contributed by atoms with E-state index in [0.29, 0.717) is 5.16 Å². The number of hydrogen-bond donors (Lipinski definition) is 1. The van der Waals surface area contributed by atoms with Crippen molar-refractivity contribution in [2.24, 2.45) is 7.05 Å². The van der Waals surface area contributed by atoms with Gasteiger partial charge in [-0.2, -0.15) is 0 Å². The van der Waals surface area contributed by atoms with E-state index in [1.54, 1.807) is 17.5 Å². The first kappa shape index (κ1) is 17.7. The first-order valence-corrected chi connectivity index (χ1v) is 10.1. The predicted molar refractivity (Wildman–Crippen MR) is 110 cm³/mol. The highest BCUT2D eigenvalue weighted by Crippen LogP contribution is 2.29. The number of thiophene rings is 1. The van der Waals surface area contributed by atoms with Gasteiger partial charge in [-0.25, -0.2) is 0 Å². The largest absolute Gasteiger partial charge is 0.324 e. The molecule has 1 aromatic carbocycles. The Balaban J connectivity index is 1.50. The molecule has 0 aliphatic carbocycles. The van der Waals surface area contributed by atoms with Crippen LogP contribution in [0.15, 0.2) is 59.2 Å². The first-order valence-electron chi connectivity index (χ1n) is 8.38. The minimum atomic E-state index is -0.323. The quantitative estimate of drug-likeness (QED) is 0.513. The molecule has 1 atom stereocenters. The molecule has 27 heavy (non-hydrogen) atoms. The molecule has 0 aliphatic rings. The molecule has 1 unspecified atom stereocenters. The zero-order valence-corrected chi connectivity index (χ0v) is 16.4. The number of amides is 1. The van der Waals surface area contributed by atoms with Crippen molar-refractivity contribution >= 4 is 45.6 Å². The highest BCUT2D eigenvalue weighted by Gasteiger charge is 2.20. The highest BCUT2D eigenvalue weighted by molar-refractivity contribution is 8.00. The minimum Gasteiger partial charge on any atom is -0.324 e. The lowest BCUT2D eigenvalue weighted by molar-refractivity contribution is -0.115. The van der Waals surface area contributed by atoms with E-state index < -0.39 is 0 Å². The average Bonchev–Trinajstić information content (AvgIpc) is 3.32. The van der Waals surface area contributed by atoms with Gasteiger partial charge >= 0.3 is 0 Å². The Bertz CT molecular complexity index is 1090. The number of thioether (sulfide) groups is 1. The number of aromatic nitrogens is 4. The molecular formula is C19H17N5OS2. The van der Waals surface area contributed by atoms with E-state index in [9.17, 15) is 4.79 Å². The molecule has 0 saturated carbocycles. The number of fused-ring (bicyclic) bond motifs is 1. The molecule has 1 N–H and O–H groups in total. The lowest BCUT2D eigenvalue weighted by atomic mass is 10.2. The van der Waals surface area contributed by atoms with Gasteiger partial charge in [-0.1, -0.05) is 23.9 Å². The number of carbonyl (C=O) groups excluding carboxylic acids is 1. The molecule has 136 valence electrons. The molecular weight excluding hydrogens is 378 g/mol. The fourth-order valence-electron chi connectivity index (χ4n) is 2.70. The zero-order chi connectivity index (χ0) is 18.8. The second-order valence-electron chi connectivity index (χ2n) is 5.97. The first-order chi connectivity index (χ1) is 13.1. The van der Waals surface area contributed by atoms with Crippen LogP contribution in [0.1, 0.15) is 6.92 Å². The number of rotatable bonds is 5. The van der Waals surface area contributed by atoms with Crippen LogP contribution in [-0.4, -0.2) is 30.9 Å². The summed E-state index contributed by atoms with van der Waals surface area (Å²) >= 11 is 3.00. The number of carbonyl (C=O) groups is 1. The summed E-state index contributed by atoms with van der Waals surface area (Å²) < 4.78 is 1.92. The summed E-state index contributed by atoms with van der Waals surface area (Å²) in [6.45, 7) is 1.86. The fraction of sp³-hybridized carbons (Fsp3) is 0.158. The summed E-state index contributed by atoms with van der Waals surface area (Å²) in [5.74, 6) is 0.720. The number of anilines is 1. The van der Waals surface area contributed by atoms with Crippen molar-refractivity contribution in [3.8, 4) is 10.7 Å². The maximum Gasteiger partial charge on any atom is 0.237 e. The third-order valence-electron chi connectivity index (χ3n) is 4.13. The van der Waals surface area contributed by atoms with Gasteiger partial charge in [0.25, 0.3) is 0 Å². The second-order valence-corrected chi connectivity index (χ2v) is 8.22. The molecule has 0 spiro atoms. The summed E-state index contributed by atoms with van der Waals surface area (Å²) in [6.07, 6.45) is 1.74. The SMILES string of the molecule is CC(Sc1nnc(-c2cccs2)n1C)C(=O)Nc1cccc2ncccc12. The second kappa shape index (κ2) is 7.50. The smallest absolute Gasteiger partial charge is 0.237 e. The molecule has 4 aromatic rings. The Morgan fingerprint density at radius 3 is 2.89 bits per heavy atom. The number of nitrogens with zero attached hydrogens (tertiary/aromatic N) is 4. The monoisotopic (exact) mass is 395 g/mol. The Labute approximate surface area is 164 Å². The average molecular weight is 396 g/mol. The van der Waals surface area contributed by atoms with Gasteiger partial charge in [0.2, 0.25) is 5.91 Å². The third kappa shape index (κ3) is 3.58. The van der Waals surface area contributed by atoms with E-state index in [2.05, 4.69) is 20.5 Å². The van der Waals surface area contributed by atoms with Crippen LogP contribution in [0, 0.1) is 0 Å². The van der Waals surface area contributed by atoms with Gasteiger partial charge in [0.15, 0.2) is 11.0 Å². The molecule has 0 fully saturated rings. The summed E-state index contributed by atoms with van der Waals surface area (Å²) in [4.78, 5) is 18.1. The summed E-state index contributed by atoms with van der Waals surface area (Å²) in [5.41, 5.74) is 1.61. The highest BCUT2D eigenvalue weighted by atomic mass is 32.2. The van der Waals surface area contributed by atoms with Gasteiger partial charge in [0, 0.05) is 18.6 Å². The van der Waals surface area contributed by atoms with Gasteiger partial charge in [0.1, 0.15) is 0 Å². The van der Waals surface area contributed by atoms with Crippen LogP contribution >= 0.6 is 23.1 Å². The molecule has 0 radical (unpaired) electrons. The number of nitrogens with one attached hydrogen (secondary N) is 1. The number of hydrogen-bond acceptors (Lipinski definition) is 6. The lowest BCUT2D eigenvalue weighted by Gasteiger charge is -2.13. The third-order valence-corrected chi connectivity index (χ3v) is 6.13. The Morgan fingerprint density at radius 2 is 2.07 bits per heavy atom. The topological polar surface area (TPSA) is 72.7 Å². The molecule has 3 heterocycles. The van der Waals surface area contributed by atoms with Crippen molar-refractivity contribution < 1.29 is 4.79 Å². The van der Waals surface area contributed by atoms with Gasteiger partial charge in [0.05, 0.1) is 21.3 Å². The summed E-state index contributed by atoms with van der Waals surface area (Å²) in [5, 5.41) is 14.8. The van der Waals surface area contributed by atoms with E-state index >= 15 is 0 Å². The molecule has 1 amide bonds. The standard InChI is InChI=1S/C19H17N5OS2/c1-12(27-19-23-22-17(24(19)2)16-9-5-11-26-16)18(25)21-15-8-3-7-14-13(15)6-4-10-20-14/h3-12H,1-2H3,(H,21,25). The van der Waals surface area contributed by atoms with Crippen LogP contribution < -0.4 is 5.32 Å². The molecule has 0 saturated heterocycles. The minimum absolute atomic E-state index is 0.0861. The van der Waals surface area contributed by atoms with Crippen LogP contribution in [0.4, 0.5) is 5.69 Å². The maximum absolute atomic E-state index is 12.7. The number of benzene rings is 1. The molecule has 8 heteroatoms. The summed E-state index contributed by atoms with van der Waals surface area (Å²) in [6, 6.07) is 13.5. The van der Waals surface area contributed by atoms with Gasteiger partial charge in [-0.3, -0.25) is 9.78 Å².